The van der Waals surface area contributed by atoms with Crippen molar-refractivity contribution in [3.8, 4) is 0 Å². The molecule has 0 spiro atoms. The van der Waals surface area contributed by atoms with Crippen LogP contribution in [0.3, 0.4) is 0 Å². The fraction of sp³-hybridized carbons (Fsp3) is 0.364. The van der Waals surface area contributed by atoms with E-state index in [1.54, 1.807) is 0 Å². The molecule has 4 nitrogen and oxygen atoms in total. The summed E-state index contributed by atoms with van der Waals surface area (Å²) < 4.78 is 0. The summed E-state index contributed by atoms with van der Waals surface area (Å²) in [6, 6.07) is 3.69. The average Bonchev–Trinajstić information content (AvgIpc) is 2.94. The monoisotopic (exact) mass is 270 g/mol. The van der Waals surface area contributed by atoms with Crippen molar-refractivity contribution >= 4 is 29.2 Å². The molecule has 3 rings (SSSR count). The topological polar surface area (TPSA) is 39.7 Å². The molecule has 2 aliphatic rings. The predicted molar refractivity (Wildman–Crippen MR) is 69.1 cm³/mol. The van der Waals surface area contributed by atoms with Crippen molar-refractivity contribution in [2.45, 2.75) is 13.1 Å². The molecule has 2 aliphatic heterocycles. The molecular formula is C11H12Cl2N4. The van der Waals surface area contributed by atoms with E-state index in [4.69, 9.17) is 23.2 Å². The standard InChI is InChI=1S/C11H12Cl2N4/c12-9-1-2-10(13)8-6-17(5-7(8)9)16-11-14-3-4-15-11/h1-2H,3-6H2,(H2,14,15,16). The van der Waals surface area contributed by atoms with Gasteiger partial charge < -0.3 is 5.32 Å². The number of hydrogen-bond acceptors (Lipinski definition) is 4. The molecule has 0 unspecified atom stereocenters. The highest BCUT2D eigenvalue weighted by molar-refractivity contribution is 6.34. The van der Waals surface area contributed by atoms with E-state index in [0.717, 1.165) is 53.3 Å². The maximum Gasteiger partial charge on any atom is 0.206 e. The number of halogens is 2. The van der Waals surface area contributed by atoms with Gasteiger partial charge in [-0.05, 0) is 23.3 Å². The van der Waals surface area contributed by atoms with Crippen LogP contribution in [0.4, 0.5) is 0 Å². The second-order valence-electron chi connectivity index (χ2n) is 4.11. The first-order valence-corrected chi connectivity index (χ1v) is 6.25. The molecule has 0 amide bonds. The maximum atomic E-state index is 6.16. The highest BCUT2D eigenvalue weighted by Crippen LogP contribution is 2.33. The summed E-state index contributed by atoms with van der Waals surface area (Å²) in [4.78, 5) is 4.29. The highest BCUT2D eigenvalue weighted by Gasteiger charge is 2.24. The van der Waals surface area contributed by atoms with Crippen LogP contribution in [0.2, 0.25) is 10.0 Å². The number of nitrogens with one attached hydrogen (secondary N) is 2. The van der Waals surface area contributed by atoms with Gasteiger partial charge in [-0.2, -0.15) is 0 Å². The van der Waals surface area contributed by atoms with Gasteiger partial charge in [0.05, 0.1) is 6.54 Å². The number of aliphatic imine (C=N–C) groups is 1. The number of fused-ring (bicyclic) bond motifs is 1. The van der Waals surface area contributed by atoms with Crippen molar-refractivity contribution < 1.29 is 0 Å². The van der Waals surface area contributed by atoms with Crippen molar-refractivity contribution in [2.24, 2.45) is 4.99 Å². The fourth-order valence-electron chi connectivity index (χ4n) is 2.12. The summed E-state index contributed by atoms with van der Waals surface area (Å²) in [7, 11) is 0. The number of nitrogens with zero attached hydrogens (tertiary/aromatic N) is 2. The third kappa shape index (κ3) is 2.08. The summed E-state index contributed by atoms with van der Waals surface area (Å²) in [5, 5.41) is 6.77. The lowest BCUT2D eigenvalue weighted by Gasteiger charge is -2.17. The lowest BCUT2D eigenvalue weighted by atomic mass is 10.1. The van der Waals surface area contributed by atoms with Crippen LogP contribution in [-0.4, -0.2) is 24.1 Å². The van der Waals surface area contributed by atoms with Gasteiger partial charge in [0.1, 0.15) is 0 Å². The van der Waals surface area contributed by atoms with E-state index >= 15 is 0 Å². The summed E-state index contributed by atoms with van der Waals surface area (Å²) >= 11 is 12.3. The first-order valence-electron chi connectivity index (χ1n) is 5.50. The van der Waals surface area contributed by atoms with E-state index in [2.05, 4.69) is 20.7 Å². The predicted octanol–water partition coefficient (Wildman–Crippen LogP) is 1.77. The molecule has 0 saturated heterocycles. The molecule has 1 aromatic carbocycles. The molecule has 1 aromatic rings. The normalized spacial score (nSPS) is 18.8. The number of benzene rings is 1. The molecule has 0 radical (unpaired) electrons. The molecule has 6 heteroatoms. The van der Waals surface area contributed by atoms with Crippen LogP contribution < -0.4 is 10.7 Å². The Morgan fingerprint density at radius 3 is 2.35 bits per heavy atom. The zero-order valence-corrected chi connectivity index (χ0v) is 10.6. The molecule has 90 valence electrons. The molecular weight excluding hydrogens is 259 g/mol. The quantitative estimate of drug-likeness (QED) is 0.817. The first kappa shape index (κ1) is 11.1. The van der Waals surface area contributed by atoms with Crippen LogP contribution in [-0.2, 0) is 13.1 Å². The lowest BCUT2D eigenvalue weighted by molar-refractivity contribution is 0.239. The molecule has 17 heavy (non-hydrogen) atoms. The molecule has 2 heterocycles. The van der Waals surface area contributed by atoms with Gasteiger partial charge in [0.25, 0.3) is 0 Å². The summed E-state index contributed by atoms with van der Waals surface area (Å²) in [6.45, 7) is 3.21. The lowest BCUT2D eigenvalue weighted by Crippen LogP contribution is -2.43. The van der Waals surface area contributed by atoms with E-state index in [-0.39, 0.29) is 0 Å². The molecule has 0 bridgehead atoms. The maximum absolute atomic E-state index is 6.16. The van der Waals surface area contributed by atoms with Gasteiger partial charge in [0.2, 0.25) is 5.96 Å². The van der Waals surface area contributed by atoms with Gasteiger partial charge in [0.15, 0.2) is 0 Å². The molecule has 0 saturated carbocycles. The second-order valence-corrected chi connectivity index (χ2v) is 4.93. The Hall–Kier alpha value is -0.970. The van der Waals surface area contributed by atoms with Crippen LogP contribution >= 0.6 is 23.2 Å². The van der Waals surface area contributed by atoms with E-state index in [1.807, 2.05) is 12.1 Å². The van der Waals surface area contributed by atoms with Gasteiger partial charge in [-0.3, -0.25) is 10.4 Å². The van der Waals surface area contributed by atoms with Crippen molar-refractivity contribution in [1.29, 1.82) is 0 Å². The average molecular weight is 271 g/mol. The van der Waals surface area contributed by atoms with Crippen LogP contribution in [0.25, 0.3) is 0 Å². The Morgan fingerprint density at radius 2 is 1.82 bits per heavy atom. The minimum absolute atomic E-state index is 0.745. The van der Waals surface area contributed by atoms with Crippen molar-refractivity contribution in [3.05, 3.63) is 33.3 Å². The Balaban J connectivity index is 1.78. The molecule has 0 fully saturated rings. The van der Waals surface area contributed by atoms with Crippen molar-refractivity contribution in [2.75, 3.05) is 13.1 Å². The Bertz CT molecular complexity index is 456. The van der Waals surface area contributed by atoms with E-state index < -0.39 is 0 Å². The summed E-state index contributed by atoms with van der Waals surface area (Å²) in [5.74, 6) is 0.824. The van der Waals surface area contributed by atoms with Crippen LogP contribution in [0.1, 0.15) is 11.1 Å². The number of guanidine groups is 1. The van der Waals surface area contributed by atoms with E-state index in [0.29, 0.717) is 0 Å². The third-order valence-corrected chi connectivity index (χ3v) is 3.66. The highest BCUT2D eigenvalue weighted by atomic mass is 35.5. The van der Waals surface area contributed by atoms with Crippen LogP contribution in [0.15, 0.2) is 17.1 Å². The number of hydrazine groups is 1. The minimum Gasteiger partial charge on any atom is -0.353 e. The fourth-order valence-corrected chi connectivity index (χ4v) is 2.59. The smallest absolute Gasteiger partial charge is 0.206 e. The minimum atomic E-state index is 0.745. The van der Waals surface area contributed by atoms with Crippen molar-refractivity contribution in [1.82, 2.24) is 15.8 Å². The number of rotatable bonds is 1. The molecule has 2 N–H and O–H groups in total. The SMILES string of the molecule is Clc1ccc(Cl)c2c1CN(NC1=NCCN1)C2. The Kier molecular flexibility index (Phi) is 2.86. The van der Waals surface area contributed by atoms with Crippen LogP contribution in [0, 0.1) is 0 Å². The largest absolute Gasteiger partial charge is 0.353 e. The summed E-state index contributed by atoms with van der Waals surface area (Å²) in [5.41, 5.74) is 5.44. The van der Waals surface area contributed by atoms with E-state index in [1.165, 1.54) is 0 Å². The van der Waals surface area contributed by atoms with Gasteiger partial charge in [-0.1, -0.05) is 23.2 Å². The molecule has 0 aromatic heterocycles. The Morgan fingerprint density at radius 1 is 1.18 bits per heavy atom. The summed E-state index contributed by atoms with van der Waals surface area (Å²) in [6.07, 6.45) is 0. The Labute approximate surface area is 110 Å². The van der Waals surface area contributed by atoms with Gasteiger partial charge in [0, 0.05) is 29.7 Å². The van der Waals surface area contributed by atoms with Crippen LogP contribution in [0.5, 0.6) is 0 Å². The van der Waals surface area contributed by atoms with E-state index in [9.17, 15) is 0 Å². The van der Waals surface area contributed by atoms with Crippen molar-refractivity contribution in [3.63, 3.8) is 0 Å². The zero-order valence-electron chi connectivity index (χ0n) is 9.13. The molecule has 0 atom stereocenters. The number of hydrogen-bond donors (Lipinski definition) is 2. The van der Waals surface area contributed by atoms with Gasteiger partial charge in [-0.15, -0.1) is 0 Å². The second kappa shape index (κ2) is 4.37. The molecule has 0 aliphatic carbocycles. The van der Waals surface area contributed by atoms with Gasteiger partial charge in [-0.25, -0.2) is 5.01 Å². The first-order chi connectivity index (χ1) is 8.24. The van der Waals surface area contributed by atoms with Gasteiger partial charge >= 0.3 is 0 Å². The third-order valence-electron chi connectivity index (χ3n) is 2.95. The zero-order chi connectivity index (χ0) is 11.8.